The highest BCUT2D eigenvalue weighted by Crippen LogP contribution is 2.29. The van der Waals surface area contributed by atoms with E-state index in [9.17, 15) is 4.79 Å². The number of hydrogen-bond donors (Lipinski definition) is 1. The van der Waals surface area contributed by atoms with Crippen molar-refractivity contribution in [2.75, 3.05) is 11.4 Å². The molecule has 4 aromatic rings. The maximum Gasteiger partial charge on any atom is 0.221 e. The zero-order chi connectivity index (χ0) is 23.2. The first-order chi connectivity index (χ1) is 16.0. The summed E-state index contributed by atoms with van der Waals surface area (Å²) in [5, 5.41) is 3.98. The number of halogens is 1. The maximum absolute atomic E-state index is 12.5. The van der Waals surface area contributed by atoms with E-state index in [0.717, 1.165) is 38.9 Å². The Kier molecular flexibility index (Phi) is 7.40. The molecule has 0 radical (unpaired) electrons. The number of benzene rings is 2. The molecule has 0 aliphatic heterocycles. The van der Waals surface area contributed by atoms with Crippen LogP contribution in [0.3, 0.4) is 0 Å². The fourth-order valence-electron chi connectivity index (χ4n) is 3.59. The second-order valence-electron chi connectivity index (χ2n) is 8.03. The monoisotopic (exact) mass is 506 g/mol. The molecular weight excluding hydrogens is 480 g/mol. The van der Waals surface area contributed by atoms with E-state index in [1.165, 1.54) is 0 Å². The predicted molar refractivity (Wildman–Crippen MR) is 135 cm³/mol. The number of rotatable bonds is 9. The SMILES string of the molecule is CCC(C)NC(=O)CCN(Cc1ccco1)c1nc(-c2cccc(Br)c2)nc2ccccc12. The van der Waals surface area contributed by atoms with Crippen molar-refractivity contribution in [1.82, 2.24) is 15.3 Å². The highest BCUT2D eigenvalue weighted by atomic mass is 79.9. The number of nitrogens with zero attached hydrogens (tertiary/aromatic N) is 3. The van der Waals surface area contributed by atoms with E-state index in [2.05, 4.69) is 33.1 Å². The van der Waals surface area contributed by atoms with Gasteiger partial charge in [0.25, 0.3) is 0 Å². The molecule has 6 nitrogen and oxygen atoms in total. The van der Waals surface area contributed by atoms with Crippen molar-refractivity contribution in [3.05, 3.63) is 77.2 Å². The van der Waals surface area contributed by atoms with E-state index >= 15 is 0 Å². The largest absolute Gasteiger partial charge is 0.467 e. The molecule has 7 heteroatoms. The first kappa shape index (κ1) is 23.0. The van der Waals surface area contributed by atoms with Gasteiger partial charge in [-0.25, -0.2) is 9.97 Å². The Morgan fingerprint density at radius 3 is 2.73 bits per heavy atom. The van der Waals surface area contributed by atoms with E-state index in [4.69, 9.17) is 14.4 Å². The molecule has 0 aliphatic carbocycles. The van der Waals surface area contributed by atoms with Gasteiger partial charge in [0.2, 0.25) is 5.91 Å². The summed E-state index contributed by atoms with van der Waals surface area (Å²) in [6.07, 6.45) is 2.91. The molecule has 0 fully saturated rings. The lowest BCUT2D eigenvalue weighted by Crippen LogP contribution is -2.35. The average molecular weight is 507 g/mol. The summed E-state index contributed by atoms with van der Waals surface area (Å²) in [7, 11) is 0. The van der Waals surface area contributed by atoms with Crippen LogP contribution in [-0.4, -0.2) is 28.5 Å². The minimum atomic E-state index is 0.0272. The summed E-state index contributed by atoms with van der Waals surface area (Å²) >= 11 is 3.54. The highest BCUT2D eigenvalue weighted by molar-refractivity contribution is 9.10. The van der Waals surface area contributed by atoms with Gasteiger partial charge in [-0.2, -0.15) is 0 Å². The first-order valence-corrected chi connectivity index (χ1v) is 11.9. The molecule has 0 spiro atoms. The van der Waals surface area contributed by atoms with Crippen LogP contribution in [0, 0.1) is 0 Å². The third-order valence-corrected chi connectivity index (χ3v) is 6.01. The lowest BCUT2D eigenvalue weighted by molar-refractivity contribution is -0.121. The van der Waals surface area contributed by atoms with Crippen LogP contribution in [0.1, 0.15) is 32.4 Å². The quantitative estimate of drug-likeness (QED) is 0.303. The van der Waals surface area contributed by atoms with Gasteiger partial charge in [-0.3, -0.25) is 4.79 Å². The number of carbonyl (C=O) groups is 1. The zero-order valence-corrected chi connectivity index (χ0v) is 20.4. The zero-order valence-electron chi connectivity index (χ0n) is 18.8. The van der Waals surface area contributed by atoms with Gasteiger partial charge in [-0.05, 0) is 49.7 Å². The number of hydrogen-bond acceptors (Lipinski definition) is 5. The standard InChI is InChI=1S/C26H27BrN4O2/c1-3-18(2)28-24(32)13-14-31(17-21-10-7-15-33-21)26-22-11-4-5-12-23(22)29-25(30-26)19-8-6-9-20(27)16-19/h4-12,15-16,18H,3,13-14,17H2,1-2H3,(H,28,32). The molecule has 0 bridgehead atoms. The Hall–Kier alpha value is -3.19. The molecule has 0 saturated carbocycles. The van der Waals surface area contributed by atoms with Crippen LogP contribution in [0.5, 0.6) is 0 Å². The molecule has 0 aliphatic rings. The number of furan rings is 1. The lowest BCUT2D eigenvalue weighted by Gasteiger charge is -2.25. The van der Waals surface area contributed by atoms with Crippen molar-refractivity contribution in [2.24, 2.45) is 0 Å². The second-order valence-corrected chi connectivity index (χ2v) is 8.94. The number of para-hydroxylation sites is 1. The van der Waals surface area contributed by atoms with Crippen LogP contribution < -0.4 is 10.2 Å². The first-order valence-electron chi connectivity index (χ1n) is 11.1. The summed E-state index contributed by atoms with van der Waals surface area (Å²) in [4.78, 5) is 24.4. The third kappa shape index (κ3) is 5.79. The molecule has 4 rings (SSSR count). The predicted octanol–water partition coefficient (Wildman–Crippen LogP) is 5.96. The van der Waals surface area contributed by atoms with Crippen LogP contribution in [0.2, 0.25) is 0 Å². The molecule has 1 amide bonds. The second kappa shape index (κ2) is 10.6. The Morgan fingerprint density at radius 2 is 1.97 bits per heavy atom. The van der Waals surface area contributed by atoms with Crippen molar-refractivity contribution < 1.29 is 9.21 Å². The van der Waals surface area contributed by atoms with Crippen LogP contribution in [-0.2, 0) is 11.3 Å². The van der Waals surface area contributed by atoms with Gasteiger partial charge in [0.1, 0.15) is 11.6 Å². The van der Waals surface area contributed by atoms with Crippen molar-refractivity contribution in [3.8, 4) is 11.4 Å². The smallest absolute Gasteiger partial charge is 0.221 e. The van der Waals surface area contributed by atoms with Gasteiger partial charge in [-0.1, -0.05) is 47.1 Å². The fourth-order valence-corrected chi connectivity index (χ4v) is 3.99. The Balaban J connectivity index is 1.73. The van der Waals surface area contributed by atoms with Crippen LogP contribution in [0.4, 0.5) is 5.82 Å². The Bertz CT molecular complexity index is 1230. The van der Waals surface area contributed by atoms with Gasteiger partial charge >= 0.3 is 0 Å². The lowest BCUT2D eigenvalue weighted by atomic mass is 10.1. The number of anilines is 1. The van der Waals surface area contributed by atoms with Crippen LogP contribution >= 0.6 is 15.9 Å². The van der Waals surface area contributed by atoms with Gasteiger partial charge < -0.3 is 14.6 Å². The van der Waals surface area contributed by atoms with Gasteiger partial charge in [0.15, 0.2) is 5.82 Å². The van der Waals surface area contributed by atoms with E-state index in [1.807, 2.05) is 67.6 Å². The molecular formula is C26H27BrN4O2. The number of carbonyl (C=O) groups excluding carboxylic acids is 1. The molecule has 2 aromatic heterocycles. The number of nitrogens with one attached hydrogen (secondary N) is 1. The normalized spacial score (nSPS) is 12.0. The number of amides is 1. The summed E-state index contributed by atoms with van der Waals surface area (Å²) in [5.41, 5.74) is 1.77. The van der Waals surface area contributed by atoms with Crippen molar-refractivity contribution in [3.63, 3.8) is 0 Å². The van der Waals surface area contributed by atoms with E-state index in [1.54, 1.807) is 6.26 Å². The van der Waals surface area contributed by atoms with Gasteiger partial charge in [0, 0.05) is 34.4 Å². The number of aromatic nitrogens is 2. The summed E-state index contributed by atoms with van der Waals surface area (Å²) in [5.74, 6) is 2.25. The summed E-state index contributed by atoms with van der Waals surface area (Å²) in [6.45, 7) is 5.08. The van der Waals surface area contributed by atoms with Crippen molar-refractivity contribution >= 4 is 38.6 Å². The molecule has 1 unspecified atom stereocenters. The molecule has 1 atom stereocenters. The fraction of sp³-hybridized carbons (Fsp3) is 0.269. The summed E-state index contributed by atoms with van der Waals surface area (Å²) in [6, 6.07) is 19.9. The molecule has 170 valence electrons. The molecule has 2 aromatic carbocycles. The Labute approximate surface area is 202 Å². The molecule has 2 heterocycles. The minimum absolute atomic E-state index is 0.0272. The third-order valence-electron chi connectivity index (χ3n) is 5.52. The topological polar surface area (TPSA) is 71.3 Å². The molecule has 0 saturated heterocycles. The minimum Gasteiger partial charge on any atom is -0.467 e. The molecule has 33 heavy (non-hydrogen) atoms. The van der Waals surface area contributed by atoms with E-state index in [-0.39, 0.29) is 11.9 Å². The highest BCUT2D eigenvalue weighted by Gasteiger charge is 2.18. The van der Waals surface area contributed by atoms with E-state index < -0.39 is 0 Å². The van der Waals surface area contributed by atoms with Crippen molar-refractivity contribution in [1.29, 1.82) is 0 Å². The number of fused-ring (bicyclic) bond motifs is 1. The van der Waals surface area contributed by atoms with Crippen molar-refractivity contribution in [2.45, 2.75) is 39.3 Å². The van der Waals surface area contributed by atoms with Gasteiger partial charge in [0.05, 0.1) is 18.3 Å². The average Bonchev–Trinajstić information content (AvgIpc) is 3.34. The van der Waals surface area contributed by atoms with Crippen LogP contribution in [0.25, 0.3) is 22.3 Å². The van der Waals surface area contributed by atoms with Gasteiger partial charge in [-0.15, -0.1) is 0 Å². The Morgan fingerprint density at radius 1 is 1.12 bits per heavy atom. The molecule has 1 N–H and O–H groups in total. The van der Waals surface area contributed by atoms with E-state index in [0.29, 0.717) is 25.3 Å². The summed E-state index contributed by atoms with van der Waals surface area (Å²) < 4.78 is 6.59. The maximum atomic E-state index is 12.5. The van der Waals surface area contributed by atoms with Crippen LogP contribution in [0.15, 0.2) is 75.8 Å².